The predicted molar refractivity (Wildman–Crippen MR) is 115 cm³/mol. The van der Waals surface area contributed by atoms with Gasteiger partial charge in [-0.25, -0.2) is 9.59 Å². The van der Waals surface area contributed by atoms with E-state index < -0.39 is 24.5 Å². The van der Waals surface area contributed by atoms with Crippen LogP contribution in [0.4, 0.5) is 0 Å². The van der Waals surface area contributed by atoms with Gasteiger partial charge in [0.1, 0.15) is 23.0 Å². The highest BCUT2D eigenvalue weighted by atomic mass is 16.7. The largest absolute Gasteiger partial charge is 0.457 e. The molecule has 0 amide bonds. The maximum atomic E-state index is 11.3. The molecule has 0 spiro atoms. The van der Waals surface area contributed by atoms with E-state index in [1.165, 1.54) is 0 Å². The molecule has 164 valence electrons. The lowest BCUT2D eigenvalue weighted by atomic mass is 10.3. The second-order valence-electron chi connectivity index (χ2n) is 6.24. The fraction of sp³-hybridized carbons (Fsp3) is 0.250. The quantitative estimate of drug-likeness (QED) is 0.263. The average Bonchev–Trinajstić information content (AvgIpc) is 2.80. The Kier molecular flexibility index (Phi) is 9.16. The molecule has 2 aromatic rings. The Hall–Kier alpha value is -3.74. The first-order valence-electron chi connectivity index (χ1n) is 9.84. The topological polar surface area (TPSA) is 80.3 Å². The van der Waals surface area contributed by atoms with Crippen molar-refractivity contribution in [3.8, 4) is 23.0 Å². The minimum Gasteiger partial charge on any atom is -0.457 e. The van der Waals surface area contributed by atoms with Crippen LogP contribution in [0.5, 0.6) is 23.0 Å². The summed E-state index contributed by atoms with van der Waals surface area (Å²) in [6.45, 7) is 10.4. The molecule has 7 heteroatoms. The van der Waals surface area contributed by atoms with Gasteiger partial charge >= 0.3 is 11.9 Å². The summed E-state index contributed by atoms with van der Waals surface area (Å²) in [6, 6.07) is 13.8. The molecule has 0 saturated carbocycles. The molecule has 0 aliphatic rings. The lowest BCUT2D eigenvalue weighted by Crippen LogP contribution is -2.22. The van der Waals surface area contributed by atoms with E-state index in [0.29, 0.717) is 35.8 Å². The van der Waals surface area contributed by atoms with Gasteiger partial charge in [-0.2, -0.15) is 0 Å². The summed E-state index contributed by atoms with van der Waals surface area (Å²) in [4.78, 5) is 22.6. The van der Waals surface area contributed by atoms with Gasteiger partial charge in [0.2, 0.25) is 12.6 Å². The molecule has 31 heavy (non-hydrogen) atoms. The molecule has 0 fully saturated rings. The zero-order valence-electron chi connectivity index (χ0n) is 17.6. The standard InChI is InChI=1S/C24H26O7/c1-5-21(25)30-23(7-3)28-19-13-9-17(10-14-19)27-18-11-15-20(16-12-18)29-24(8-4)31-22(26)6-2/h5-6,9-16,23-24H,1-2,7-8H2,3-4H3. The van der Waals surface area contributed by atoms with Crippen molar-refractivity contribution in [2.24, 2.45) is 0 Å². The van der Waals surface area contributed by atoms with Crippen LogP contribution in [0.1, 0.15) is 26.7 Å². The smallest absolute Gasteiger partial charge is 0.333 e. The first-order valence-corrected chi connectivity index (χ1v) is 9.84. The molecular weight excluding hydrogens is 400 g/mol. The minimum atomic E-state index is -0.692. The lowest BCUT2D eigenvalue weighted by molar-refractivity contribution is -0.158. The Morgan fingerprint density at radius 3 is 1.32 bits per heavy atom. The van der Waals surface area contributed by atoms with Crippen LogP contribution >= 0.6 is 0 Å². The summed E-state index contributed by atoms with van der Waals surface area (Å²) < 4.78 is 27.3. The van der Waals surface area contributed by atoms with Gasteiger partial charge in [-0.15, -0.1) is 0 Å². The van der Waals surface area contributed by atoms with Crippen LogP contribution in [-0.4, -0.2) is 24.5 Å². The van der Waals surface area contributed by atoms with Gasteiger partial charge in [0.05, 0.1) is 0 Å². The van der Waals surface area contributed by atoms with Crippen molar-refractivity contribution in [2.45, 2.75) is 39.3 Å². The molecule has 0 aliphatic heterocycles. The highest BCUT2D eigenvalue weighted by molar-refractivity contribution is 5.81. The third kappa shape index (κ3) is 7.89. The van der Waals surface area contributed by atoms with Crippen molar-refractivity contribution in [2.75, 3.05) is 0 Å². The van der Waals surface area contributed by atoms with Crippen molar-refractivity contribution in [3.05, 3.63) is 73.8 Å². The number of rotatable bonds is 12. The Labute approximate surface area is 181 Å². The van der Waals surface area contributed by atoms with E-state index in [2.05, 4.69) is 13.2 Å². The zero-order valence-corrected chi connectivity index (χ0v) is 17.6. The van der Waals surface area contributed by atoms with E-state index in [1.807, 2.05) is 13.8 Å². The van der Waals surface area contributed by atoms with E-state index in [4.69, 9.17) is 23.7 Å². The lowest BCUT2D eigenvalue weighted by Gasteiger charge is -2.17. The molecular formula is C24H26O7. The van der Waals surface area contributed by atoms with Gasteiger partial charge in [0.15, 0.2) is 0 Å². The fourth-order valence-corrected chi connectivity index (χ4v) is 2.35. The van der Waals surface area contributed by atoms with Crippen molar-refractivity contribution in [1.29, 1.82) is 0 Å². The number of carbonyl (C=O) groups is 2. The van der Waals surface area contributed by atoms with Crippen LogP contribution in [0.3, 0.4) is 0 Å². The van der Waals surface area contributed by atoms with Crippen LogP contribution in [-0.2, 0) is 19.1 Å². The van der Waals surface area contributed by atoms with E-state index in [1.54, 1.807) is 48.5 Å². The van der Waals surface area contributed by atoms with Crippen molar-refractivity contribution >= 4 is 11.9 Å². The summed E-state index contributed by atoms with van der Waals surface area (Å²) >= 11 is 0. The van der Waals surface area contributed by atoms with E-state index in [0.717, 1.165) is 12.2 Å². The summed E-state index contributed by atoms with van der Waals surface area (Å²) in [5, 5.41) is 0. The Balaban J connectivity index is 1.92. The normalized spacial score (nSPS) is 12.1. The number of benzene rings is 2. The van der Waals surface area contributed by atoms with E-state index in [9.17, 15) is 9.59 Å². The SMILES string of the molecule is C=CC(=O)OC(CC)Oc1ccc(Oc2ccc(OC(CC)OC(=O)C=C)cc2)cc1. The third-order valence-electron chi connectivity index (χ3n) is 3.91. The molecule has 2 aromatic carbocycles. The van der Waals surface area contributed by atoms with Gasteiger partial charge in [0, 0.05) is 25.0 Å². The summed E-state index contributed by atoms with van der Waals surface area (Å²) in [6.07, 6.45) is 1.80. The first kappa shape index (κ1) is 23.5. The van der Waals surface area contributed by atoms with Gasteiger partial charge in [-0.05, 0) is 48.5 Å². The summed E-state index contributed by atoms with van der Waals surface area (Å²) in [7, 11) is 0. The highest BCUT2D eigenvalue weighted by Crippen LogP contribution is 2.27. The van der Waals surface area contributed by atoms with Crippen LogP contribution in [0.25, 0.3) is 0 Å². The number of hydrogen-bond donors (Lipinski definition) is 0. The van der Waals surface area contributed by atoms with Crippen molar-refractivity contribution in [1.82, 2.24) is 0 Å². The molecule has 2 atom stereocenters. The van der Waals surface area contributed by atoms with Crippen LogP contribution in [0.2, 0.25) is 0 Å². The number of ether oxygens (including phenoxy) is 5. The fourth-order valence-electron chi connectivity index (χ4n) is 2.35. The van der Waals surface area contributed by atoms with Gasteiger partial charge in [-0.3, -0.25) is 0 Å². The van der Waals surface area contributed by atoms with E-state index in [-0.39, 0.29) is 0 Å². The number of carbonyl (C=O) groups excluding carboxylic acids is 2. The minimum absolute atomic E-state index is 0.498. The van der Waals surface area contributed by atoms with Crippen LogP contribution < -0.4 is 14.2 Å². The maximum Gasteiger partial charge on any atom is 0.333 e. The highest BCUT2D eigenvalue weighted by Gasteiger charge is 2.13. The molecule has 2 rings (SSSR count). The molecule has 0 aromatic heterocycles. The molecule has 0 aliphatic carbocycles. The molecule has 0 heterocycles. The maximum absolute atomic E-state index is 11.3. The summed E-state index contributed by atoms with van der Waals surface area (Å²) in [5.41, 5.74) is 0. The van der Waals surface area contributed by atoms with Crippen LogP contribution in [0.15, 0.2) is 73.8 Å². The molecule has 0 bridgehead atoms. The van der Waals surface area contributed by atoms with Gasteiger partial charge < -0.3 is 23.7 Å². The van der Waals surface area contributed by atoms with Crippen molar-refractivity contribution in [3.63, 3.8) is 0 Å². The second-order valence-corrected chi connectivity index (χ2v) is 6.24. The molecule has 2 unspecified atom stereocenters. The molecule has 0 N–H and O–H groups in total. The molecule has 0 radical (unpaired) electrons. The molecule has 7 nitrogen and oxygen atoms in total. The Morgan fingerprint density at radius 2 is 1.03 bits per heavy atom. The van der Waals surface area contributed by atoms with E-state index >= 15 is 0 Å². The monoisotopic (exact) mass is 426 g/mol. The molecule has 0 saturated heterocycles. The average molecular weight is 426 g/mol. The second kappa shape index (κ2) is 12.1. The zero-order chi connectivity index (χ0) is 22.6. The van der Waals surface area contributed by atoms with Crippen LogP contribution in [0, 0.1) is 0 Å². The number of esters is 2. The predicted octanol–water partition coefficient (Wildman–Crippen LogP) is 5.17. The van der Waals surface area contributed by atoms with Crippen molar-refractivity contribution < 1.29 is 33.3 Å². The third-order valence-corrected chi connectivity index (χ3v) is 3.91. The Morgan fingerprint density at radius 1 is 0.710 bits per heavy atom. The summed E-state index contributed by atoms with van der Waals surface area (Å²) in [5.74, 6) is 1.21. The number of hydrogen-bond acceptors (Lipinski definition) is 7. The first-order chi connectivity index (χ1) is 15.0. The Bertz CT molecular complexity index is 798. The van der Waals surface area contributed by atoms with Gasteiger partial charge in [-0.1, -0.05) is 27.0 Å². The van der Waals surface area contributed by atoms with Gasteiger partial charge in [0.25, 0.3) is 0 Å².